The molecule has 0 saturated carbocycles. The smallest absolute Gasteiger partial charge is 0.256 e. The molecule has 1 rings (SSSR count). The largest absolute Gasteiger partial charge is 0.272 e. The molecule has 0 radical (unpaired) electrons. The minimum absolute atomic E-state index is 0.00231. The fourth-order valence-electron chi connectivity index (χ4n) is 0.406. The molecule has 0 spiro atoms. The summed E-state index contributed by atoms with van der Waals surface area (Å²) < 4.78 is 0. The first kappa shape index (κ1) is 4.84. The van der Waals surface area contributed by atoms with Gasteiger partial charge in [0.05, 0.1) is 10.8 Å². The minimum atomic E-state index is 0.00231. The van der Waals surface area contributed by atoms with E-state index in [0.717, 1.165) is 5.04 Å². The van der Waals surface area contributed by atoms with Crippen molar-refractivity contribution in [3.8, 4) is 0 Å². The maximum Gasteiger partial charge on any atom is 0.256 e. The van der Waals surface area contributed by atoms with E-state index in [1.165, 1.54) is 11.8 Å². The molecule has 3 heteroatoms. The molecule has 0 unspecified atom stereocenters. The van der Waals surface area contributed by atoms with Gasteiger partial charge in [0.1, 0.15) is 0 Å². The lowest BCUT2D eigenvalue weighted by Gasteiger charge is -1.75. The second-order valence-electron chi connectivity index (χ2n) is 1.31. The summed E-state index contributed by atoms with van der Waals surface area (Å²) in [5, 5.41) is 0.894. The Morgan fingerprint density at radius 2 is 2.57 bits per heavy atom. The van der Waals surface area contributed by atoms with Gasteiger partial charge in [-0.1, -0.05) is 0 Å². The van der Waals surface area contributed by atoms with Crippen LogP contribution >= 0.6 is 11.8 Å². The zero-order valence-electron chi connectivity index (χ0n) is 3.97. The normalized spacial score (nSPS) is 20.1. The molecule has 0 fully saturated rings. The summed E-state index contributed by atoms with van der Waals surface area (Å²) in [6.07, 6.45) is 0. The highest BCUT2D eigenvalue weighted by Crippen LogP contribution is 2.10. The molecule has 0 saturated heterocycles. The van der Waals surface area contributed by atoms with E-state index in [4.69, 9.17) is 0 Å². The quantitative estimate of drug-likeness (QED) is 0.464. The second-order valence-corrected chi connectivity index (χ2v) is 2.48. The highest BCUT2D eigenvalue weighted by Gasteiger charge is 2.08. The monoisotopic (exact) mass is 115 g/mol. The average Bonchev–Trinajstić information content (AvgIpc) is 1.87. The molecule has 1 heterocycles. The molecule has 1 amide bonds. The van der Waals surface area contributed by atoms with Crippen LogP contribution in [0, 0.1) is 0 Å². The van der Waals surface area contributed by atoms with Crippen molar-refractivity contribution in [2.45, 2.75) is 6.92 Å². The van der Waals surface area contributed by atoms with Crippen LogP contribution in [0.15, 0.2) is 4.99 Å². The van der Waals surface area contributed by atoms with Crippen molar-refractivity contribution in [3.63, 3.8) is 0 Å². The van der Waals surface area contributed by atoms with Crippen molar-refractivity contribution in [2.24, 2.45) is 4.99 Å². The van der Waals surface area contributed by atoms with Crippen LogP contribution in [-0.2, 0) is 4.79 Å². The van der Waals surface area contributed by atoms with E-state index in [9.17, 15) is 4.79 Å². The van der Waals surface area contributed by atoms with Crippen LogP contribution < -0.4 is 0 Å². The van der Waals surface area contributed by atoms with Crippen LogP contribution in [-0.4, -0.2) is 16.7 Å². The molecule has 0 aliphatic carbocycles. The number of rotatable bonds is 0. The third-order valence-corrected chi connectivity index (χ3v) is 1.59. The Bertz CT molecular complexity index is 130. The maximum absolute atomic E-state index is 10.2. The van der Waals surface area contributed by atoms with Crippen LogP contribution in [0.5, 0.6) is 0 Å². The summed E-state index contributed by atoms with van der Waals surface area (Å²) >= 11 is 1.51. The highest BCUT2D eigenvalue weighted by molar-refractivity contribution is 8.14. The topological polar surface area (TPSA) is 29.4 Å². The van der Waals surface area contributed by atoms with Crippen LogP contribution in [0.1, 0.15) is 6.92 Å². The lowest BCUT2D eigenvalue weighted by Crippen LogP contribution is -1.86. The van der Waals surface area contributed by atoms with Gasteiger partial charge in [0, 0.05) is 0 Å². The first-order valence-electron chi connectivity index (χ1n) is 2.00. The molecular formula is C4H5NOS. The van der Waals surface area contributed by atoms with Gasteiger partial charge in [0.2, 0.25) is 0 Å². The Morgan fingerprint density at radius 3 is 2.71 bits per heavy atom. The van der Waals surface area contributed by atoms with Crippen molar-refractivity contribution < 1.29 is 4.79 Å². The number of aliphatic imine (C=N–C) groups is 1. The van der Waals surface area contributed by atoms with Crippen LogP contribution in [0.4, 0.5) is 0 Å². The number of carbonyl (C=O) groups is 1. The number of hydrogen-bond acceptors (Lipinski definition) is 2. The maximum atomic E-state index is 10.2. The van der Waals surface area contributed by atoms with Crippen molar-refractivity contribution in [2.75, 3.05) is 5.75 Å². The predicted octanol–water partition coefficient (Wildman–Crippen LogP) is 0.678. The number of hydrogen-bond donors (Lipinski definition) is 0. The van der Waals surface area contributed by atoms with Gasteiger partial charge in [-0.15, -0.1) is 11.8 Å². The van der Waals surface area contributed by atoms with Crippen LogP contribution in [0.3, 0.4) is 0 Å². The summed E-state index contributed by atoms with van der Waals surface area (Å²) in [6.45, 7) is 1.84. The van der Waals surface area contributed by atoms with Gasteiger partial charge >= 0.3 is 0 Å². The Morgan fingerprint density at radius 1 is 1.86 bits per heavy atom. The fourth-order valence-corrected chi connectivity index (χ4v) is 0.970. The van der Waals surface area contributed by atoms with Gasteiger partial charge in [0.25, 0.3) is 5.91 Å². The van der Waals surface area contributed by atoms with Crippen molar-refractivity contribution in [1.29, 1.82) is 0 Å². The first-order chi connectivity index (χ1) is 3.29. The summed E-state index contributed by atoms with van der Waals surface area (Å²) in [5.41, 5.74) is 0. The van der Waals surface area contributed by atoms with Gasteiger partial charge in [-0.2, -0.15) is 0 Å². The Labute approximate surface area is 46.0 Å². The average molecular weight is 115 g/mol. The van der Waals surface area contributed by atoms with E-state index < -0.39 is 0 Å². The van der Waals surface area contributed by atoms with Gasteiger partial charge in [-0.3, -0.25) is 4.79 Å². The zero-order valence-corrected chi connectivity index (χ0v) is 4.79. The Balaban J connectivity index is 2.67. The van der Waals surface area contributed by atoms with E-state index in [1.807, 2.05) is 6.92 Å². The number of carbonyl (C=O) groups excluding carboxylic acids is 1. The fraction of sp³-hybridized carbons (Fsp3) is 0.500. The molecule has 0 aromatic heterocycles. The molecule has 1 aliphatic rings. The highest BCUT2D eigenvalue weighted by atomic mass is 32.2. The van der Waals surface area contributed by atoms with E-state index in [2.05, 4.69) is 4.99 Å². The Kier molecular flexibility index (Phi) is 1.15. The van der Waals surface area contributed by atoms with Crippen LogP contribution in [0.2, 0.25) is 0 Å². The molecule has 0 bridgehead atoms. The summed E-state index contributed by atoms with van der Waals surface area (Å²) in [7, 11) is 0. The lowest BCUT2D eigenvalue weighted by atomic mass is 10.7. The molecule has 0 aromatic rings. The third-order valence-electron chi connectivity index (χ3n) is 0.687. The predicted molar refractivity (Wildman–Crippen MR) is 30.6 cm³/mol. The number of amides is 1. The second kappa shape index (κ2) is 1.66. The molecule has 7 heavy (non-hydrogen) atoms. The molecular weight excluding hydrogens is 110 g/mol. The standard InChI is InChI=1S/C4H5NOS/c1-3-5-4(6)2-7-3/h2H2,1H3. The SMILES string of the molecule is CC1=NC(=O)CS1. The van der Waals surface area contributed by atoms with E-state index >= 15 is 0 Å². The van der Waals surface area contributed by atoms with E-state index in [1.54, 1.807) is 0 Å². The zero-order chi connectivity index (χ0) is 5.28. The Hall–Kier alpha value is -0.310. The van der Waals surface area contributed by atoms with Crippen molar-refractivity contribution in [1.82, 2.24) is 0 Å². The van der Waals surface area contributed by atoms with Gasteiger partial charge in [-0.05, 0) is 6.92 Å². The van der Waals surface area contributed by atoms with Gasteiger partial charge in [0.15, 0.2) is 0 Å². The summed E-state index contributed by atoms with van der Waals surface area (Å²) in [6, 6.07) is 0. The molecule has 0 atom stereocenters. The van der Waals surface area contributed by atoms with Crippen LogP contribution in [0.25, 0.3) is 0 Å². The lowest BCUT2D eigenvalue weighted by molar-refractivity contribution is -0.115. The minimum Gasteiger partial charge on any atom is -0.272 e. The third kappa shape index (κ3) is 1.03. The number of nitrogens with zero attached hydrogens (tertiary/aromatic N) is 1. The summed E-state index contributed by atoms with van der Waals surface area (Å²) in [5.74, 6) is 0.550. The summed E-state index contributed by atoms with van der Waals surface area (Å²) in [4.78, 5) is 13.9. The molecule has 38 valence electrons. The van der Waals surface area contributed by atoms with E-state index in [0.29, 0.717) is 5.75 Å². The van der Waals surface area contributed by atoms with Gasteiger partial charge < -0.3 is 0 Å². The first-order valence-corrected chi connectivity index (χ1v) is 2.98. The molecule has 2 nitrogen and oxygen atoms in total. The van der Waals surface area contributed by atoms with Crippen molar-refractivity contribution >= 4 is 22.7 Å². The van der Waals surface area contributed by atoms with Gasteiger partial charge in [-0.25, -0.2) is 4.99 Å². The van der Waals surface area contributed by atoms with E-state index in [-0.39, 0.29) is 5.91 Å². The molecule has 0 aromatic carbocycles. The molecule has 0 N–H and O–H groups in total. The van der Waals surface area contributed by atoms with Crippen molar-refractivity contribution in [3.05, 3.63) is 0 Å². The number of thioether (sulfide) groups is 1. The molecule has 1 aliphatic heterocycles.